The molecular formula is C15H15FN2O2S2. The van der Waals surface area contributed by atoms with Gasteiger partial charge in [-0.1, -0.05) is 30.1 Å². The molecule has 0 saturated carbocycles. The summed E-state index contributed by atoms with van der Waals surface area (Å²) < 4.78 is 14.0. The highest BCUT2D eigenvalue weighted by molar-refractivity contribution is 7.11. The third-order valence-corrected chi connectivity index (χ3v) is 5.05. The molecule has 1 amide bonds. The molecule has 2 rings (SSSR count). The lowest BCUT2D eigenvalue weighted by Gasteiger charge is -2.06. The number of rotatable bonds is 6. The van der Waals surface area contributed by atoms with E-state index in [0.29, 0.717) is 23.4 Å². The third-order valence-electron chi connectivity index (χ3n) is 3.10. The van der Waals surface area contributed by atoms with Crippen molar-refractivity contribution in [3.05, 3.63) is 67.2 Å². The molecule has 0 saturated heterocycles. The fraction of sp³-hybridized carbons (Fsp3) is 0.200. The number of nitrogens with zero attached hydrogens (tertiary/aromatic N) is 1. The van der Waals surface area contributed by atoms with Gasteiger partial charge in [0.05, 0.1) is 19.4 Å². The van der Waals surface area contributed by atoms with Gasteiger partial charge in [-0.15, -0.1) is 11.3 Å². The second kappa shape index (κ2) is 7.33. The van der Waals surface area contributed by atoms with Crippen LogP contribution >= 0.6 is 22.7 Å². The zero-order chi connectivity index (χ0) is 16.1. The number of aromatic nitrogens is 1. The van der Waals surface area contributed by atoms with Crippen molar-refractivity contribution in [2.24, 2.45) is 0 Å². The lowest BCUT2D eigenvalue weighted by atomic mass is 10.3. The number of hydrogen-bond acceptors (Lipinski definition) is 4. The maximum Gasteiger partial charge on any atom is 0.308 e. The number of carbonyl (C=O) groups excluding carboxylic acids is 1. The number of halogens is 1. The van der Waals surface area contributed by atoms with Crippen LogP contribution < -0.4 is 10.2 Å². The summed E-state index contributed by atoms with van der Waals surface area (Å²) in [6, 6.07) is 3.83. The number of amides is 1. The molecule has 0 aliphatic heterocycles. The van der Waals surface area contributed by atoms with Crippen molar-refractivity contribution < 1.29 is 9.18 Å². The maximum absolute atomic E-state index is 12.6. The molecule has 116 valence electrons. The summed E-state index contributed by atoms with van der Waals surface area (Å²) in [4.78, 5) is 25.3. The molecule has 0 spiro atoms. The summed E-state index contributed by atoms with van der Waals surface area (Å²) in [6.07, 6.45) is 1.76. The predicted molar refractivity (Wildman–Crippen MR) is 88.2 cm³/mol. The van der Waals surface area contributed by atoms with Gasteiger partial charge in [0.25, 0.3) is 5.91 Å². The largest absolute Gasteiger partial charge is 0.346 e. The minimum Gasteiger partial charge on any atom is -0.346 e. The number of allylic oxidation sites excluding steroid dienone is 2. The first kappa shape index (κ1) is 16.4. The van der Waals surface area contributed by atoms with Crippen molar-refractivity contribution in [1.82, 2.24) is 9.88 Å². The van der Waals surface area contributed by atoms with Gasteiger partial charge in [0, 0.05) is 10.6 Å². The van der Waals surface area contributed by atoms with E-state index in [1.54, 1.807) is 18.3 Å². The smallest absolute Gasteiger partial charge is 0.308 e. The number of hydrogen-bond donors (Lipinski definition) is 1. The Labute approximate surface area is 135 Å². The molecular weight excluding hydrogens is 323 g/mol. The minimum atomic E-state index is -0.295. The van der Waals surface area contributed by atoms with Crippen LogP contribution in [-0.4, -0.2) is 10.5 Å². The van der Waals surface area contributed by atoms with Crippen LogP contribution in [0.1, 0.15) is 20.2 Å². The summed E-state index contributed by atoms with van der Waals surface area (Å²) in [6.45, 7) is 5.66. The first-order valence-electron chi connectivity index (χ1n) is 6.49. The third kappa shape index (κ3) is 3.61. The van der Waals surface area contributed by atoms with Crippen molar-refractivity contribution in [3.63, 3.8) is 0 Å². The van der Waals surface area contributed by atoms with E-state index in [4.69, 9.17) is 0 Å². The normalized spacial score (nSPS) is 11.5. The van der Waals surface area contributed by atoms with Gasteiger partial charge in [-0.2, -0.15) is 0 Å². The number of carbonyl (C=O) groups is 1. The van der Waals surface area contributed by atoms with Gasteiger partial charge < -0.3 is 5.32 Å². The molecule has 0 aromatic carbocycles. The van der Waals surface area contributed by atoms with Gasteiger partial charge in [-0.25, -0.2) is 4.39 Å². The lowest BCUT2D eigenvalue weighted by Crippen LogP contribution is -2.22. The Bertz CT molecular complexity index is 757. The van der Waals surface area contributed by atoms with Gasteiger partial charge in [-0.05, 0) is 23.9 Å². The summed E-state index contributed by atoms with van der Waals surface area (Å²) >= 11 is 2.41. The zero-order valence-corrected chi connectivity index (χ0v) is 13.6. The summed E-state index contributed by atoms with van der Waals surface area (Å²) in [5, 5.41) is 4.72. The first-order chi connectivity index (χ1) is 10.6. The van der Waals surface area contributed by atoms with E-state index in [2.05, 4.69) is 11.9 Å². The average Bonchev–Trinajstić information content (AvgIpc) is 3.12. The fourth-order valence-corrected chi connectivity index (χ4v) is 3.41. The van der Waals surface area contributed by atoms with Crippen LogP contribution in [0.2, 0.25) is 0 Å². The van der Waals surface area contributed by atoms with Crippen molar-refractivity contribution in [1.29, 1.82) is 0 Å². The van der Waals surface area contributed by atoms with Crippen molar-refractivity contribution >= 4 is 28.6 Å². The van der Waals surface area contributed by atoms with Crippen LogP contribution in [0.15, 0.2) is 46.9 Å². The molecule has 0 fully saturated rings. The monoisotopic (exact) mass is 338 g/mol. The minimum absolute atomic E-state index is 0.0688. The molecule has 7 heteroatoms. The topological polar surface area (TPSA) is 51.1 Å². The number of nitrogens with one attached hydrogen (secondary N) is 1. The molecule has 2 heterocycles. The van der Waals surface area contributed by atoms with Gasteiger partial charge >= 0.3 is 4.87 Å². The van der Waals surface area contributed by atoms with E-state index in [9.17, 15) is 14.0 Å². The van der Waals surface area contributed by atoms with Crippen molar-refractivity contribution in [2.45, 2.75) is 20.0 Å². The van der Waals surface area contributed by atoms with Crippen molar-refractivity contribution in [3.8, 4) is 0 Å². The van der Waals surface area contributed by atoms with E-state index in [1.165, 1.54) is 10.6 Å². The Hall–Kier alpha value is -1.99. The molecule has 0 radical (unpaired) electrons. The molecule has 0 aliphatic carbocycles. The second-order valence-corrected chi connectivity index (χ2v) is 6.51. The summed E-state index contributed by atoms with van der Waals surface area (Å²) in [5.41, 5.74) is 0.813. The number of thiazole rings is 1. The summed E-state index contributed by atoms with van der Waals surface area (Å²) in [5.74, 6) is -0.295. The first-order valence-corrected chi connectivity index (χ1v) is 8.19. The van der Waals surface area contributed by atoms with Crippen LogP contribution in [0.3, 0.4) is 0 Å². The Morgan fingerprint density at radius 2 is 2.32 bits per heavy atom. The van der Waals surface area contributed by atoms with Crippen molar-refractivity contribution in [2.75, 3.05) is 0 Å². The Kier molecular flexibility index (Phi) is 5.46. The van der Waals surface area contributed by atoms with Gasteiger partial charge in [0.15, 0.2) is 0 Å². The number of thiophene rings is 1. The fourth-order valence-electron chi connectivity index (χ4n) is 1.86. The average molecular weight is 338 g/mol. The Morgan fingerprint density at radius 1 is 1.55 bits per heavy atom. The van der Waals surface area contributed by atoms with E-state index in [0.717, 1.165) is 16.2 Å². The molecule has 2 aromatic rings. The molecule has 4 nitrogen and oxygen atoms in total. The highest BCUT2D eigenvalue weighted by atomic mass is 32.1. The van der Waals surface area contributed by atoms with E-state index < -0.39 is 0 Å². The van der Waals surface area contributed by atoms with Crippen LogP contribution in [0.25, 0.3) is 0 Å². The van der Waals surface area contributed by atoms with Crippen LogP contribution in [0.4, 0.5) is 4.39 Å². The molecule has 0 aliphatic rings. The van der Waals surface area contributed by atoms with Crippen LogP contribution in [0.5, 0.6) is 0 Å². The SMILES string of the molecule is C=C/C(=C/F)Cn1c(C)c(C(=O)NCc2cccs2)sc1=O. The standard InChI is InChI=1S/C15H15FN2O2S2/c1-3-11(7-16)9-18-10(2)13(22-15(18)20)14(19)17-8-12-5-4-6-21-12/h3-7H,1,8-9H2,2H3,(H,17,19)/b11-7-. The van der Waals surface area contributed by atoms with Gasteiger partial charge in [0.2, 0.25) is 0 Å². The second-order valence-electron chi connectivity index (χ2n) is 4.52. The van der Waals surface area contributed by atoms with Crippen LogP contribution in [-0.2, 0) is 13.1 Å². The lowest BCUT2D eigenvalue weighted by molar-refractivity contribution is 0.0954. The highest BCUT2D eigenvalue weighted by Gasteiger charge is 2.17. The predicted octanol–water partition coefficient (Wildman–Crippen LogP) is 3.25. The Morgan fingerprint density at radius 3 is 2.91 bits per heavy atom. The van der Waals surface area contributed by atoms with Gasteiger partial charge in [-0.3, -0.25) is 14.2 Å². The highest BCUT2D eigenvalue weighted by Crippen LogP contribution is 2.15. The molecule has 1 N–H and O–H groups in total. The zero-order valence-electron chi connectivity index (χ0n) is 12.0. The molecule has 2 aromatic heterocycles. The van der Waals surface area contributed by atoms with Gasteiger partial charge in [0.1, 0.15) is 4.88 Å². The maximum atomic E-state index is 12.6. The summed E-state index contributed by atoms with van der Waals surface area (Å²) in [7, 11) is 0. The quantitative estimate of drug-likeness (QED) is 0.822. The van der Waals surface area contributed by atoms with E-state index in [-0.39, 0.29) is 22.9 Å². The Balaban J connectivity index is 2.16. The van der Waals surface area contributed by atoms with Crippen LogP contribution in [0, 0.1) is 6.92 Å². The molecule has 22 heavy (non-hydrogen) atoms. The molecule has 0 bridgehead atoms. The molecule has 0 unspecified atom stereocenters. The molecule has 0 atom stereocenters. The van der Waals surface area contributed by atoms with E-state index in [1.807, 2.05) is 17.5 Å². The van der Waals surface area contributed by atoms with E-state index >= 15 is 0 Å².